The molecule has 0 aromatic carbocycles. The summed E-state index contributed by atoms with van der Waals surface area (Å²) in [4.78, 5) is 1.26. The molecule has 0 saturated heterocycles. The van der Waals surface area contributed by atoms with Gasteiger partial charge in [0.1, 0.15) is 8.07 Å². The third kappa shape index (κ3) is 2.51. The molecule has 1 aliphatic rings. The maximum absolute atomic E-state index is 12.9. The SMILES string of the molecule is CC(C)(C)[Si](C)(C)C1=CC=C(c2ccc(Br)s2)S1(=O)=O. The van der Waals surface area contributed by atoms with E-state index in [1.54, 1.807) is 6.08 Å². The van der Waals surface area contributed by atoms with Gasteiger partial charge in [-0.1, -0.05) is 39.9 Å². The number of halogens is 1. The molecule has 6 heteroatoms. The first kappa shape index (κ1) is 16.2. The Labute approximate surface area is 134 Å². The molecule has 20 heavy (non-hydrogen) atoms. The minimum Gasteiger partial charge on any atom is -0.219 e. The van der Waals surface area contributed by atoms with Crippen LogP contribution in [0.1, 0.15) is 25.6 Å². The van der Waals surface area contributed by atoms with Crippen LogP contribution >= 0.6 is 27.3 Å². The van der Waals surface area contributed by atoms with Gasteiger partial charge in [-0.25, -0.2) is 8.42 Å². The van der Waals surface area contributed by atoms with E-state index in [4.69, 9.17) is 0 Å². The zero-order chi connectivity index (χ0) is 15.3. The fourth-order valence-electron chi connectivity index (χ4n) is 2.02. The van der Waals surface area contributed by atoms with Crippen LogP contribution in [0.2, 0.25) is 18.1 Å². The Bertz CT molecular complexity index is 704. The smallest absolute Gasteiger partial charge is 0.200 e. The highest BCUT2D eigenvalue weighted by atomic mass is 79.9. The zero-order valence-corrected chi connectivity index (χ0v) is 16.5. The molecule has 0 radical (unpaired) electrons. The summed E-state index contributed by atoms with van der Waals surface area (Å²) in [5.74, 6) is 0. The molecule has 0 unspecified atom stereocenters. The monoisotopic (exact) mass is 390 g/mol. The molecule has 0 spiro atoms. The van der Waals surface area contributed by atoms with E-state index in [2.05, 4.69) is 49.8 Å². The zero-order valence-electron chi connectivity index (χ0n) is 12.3. The van der Waals surface area contributed by atoms with E-state index in [1.807, 2.05) is 18.2 Å². The minimum atomic E-state index is -3.33. The second-order valence-electron chi connectivity index (χ2n) is 6.54. The third-order valence-corrected chi connectivity index (χ3v) is 15.2. The van der Waals surface area contributed by atoms with Crippen molar-refractivity contribution in [3.05, 3.63) is 37.5 Å². The van der Waals surface area contributed by atoms with Gasteiger partial charge in [-0.15, -0.1) is 11.3 Å². The van der Waals surface area contributed by atoms with E-state index in [-0.39, 0.29) is 5.04 Å². The number of hydrogen-bond acceptors (Lipinski definition) is 3. The highest BCUT2D eigenvalue weighted by Crippen LogP contribution is 2.48. The molecule has 0 fully saturated rings. The fraction of sp³-hybridized carbons (Fsp3) is 0.429. The molecule has 2 heterocycles. The molecular formula is C14H19BrO2S2Si. The first-order chi connectivity index (χ1) is 8.98. The van der Waals surface area contributed by atoms with Crippen LogP contribution < -0.4 is 0 Å². The topological polar surface area (TPSA) is 34.1 Å². The molecule has 0 atom stereocenters. The van der Waals surface area contributed by atoms with Gasteiger partial charge in [0, 0.05) is 9.41 Å². The van der Waals surface area contributed by atoms with Crippen molar-refractivity contribution < 1.29 is 8.42 Å². The van der Waals surface area contributed by atoms with Gasteiger partial charge in [0.05, 0.1) is 8.69 Å². The fourth-order valence-corrected chi connectivity index (χ4v) is 10.0. The molecule has 0 N–H and O–H groups in total. The standard InChI is InChI=1S/C14H19BrO2S2Si/c1-14(2,3)20(4,5)13-9-7-11(19(13,16)17)10-6-8-12(15)18-10/h6-9H,1-5H3. The summed E-state index contributed by atoms with van der Waals surface area (Å²) in [5.41, 5.74) is 0. The normalized spacial score (nSPS) is 18.9. The van der Waals surface area contributed by atoms with Gasteiger partial charge in [-0.2, -0.15) is 0 Å². The summed E-state index contributed by atoms with van der Waals surface area (Å²) < 4.78 is 27.4. The van der Waals surface area contributed by atoms with Crippen LogP contribution in [-0.2, 0) is 9.84 Å². The lowest BCUT2D eigenvalue weighted by Crippen LogP contribution is -2.41. The van der Waals surface area contributed by atoms with Gasteiger partial charge in [0.2, 0.25) is 0 Å². The Hall–Kier alpha value is -0.173. The second kappa shape index (κ2) is 4.93. The summed E-state index contributed by atoms with van der Waals surface area (Å²) in [6, 6.07) is 3.75. The Morgan fingerprint density at radius 3 is 2.20 bits per heavy atom. The highest BCUT2D eigenvalue weighted by molar-refractivity contribution is 9.11. The molecule has 1 aromatic heterocycles. The average Bonchev–Trinajstić information content (AvgIpc) is 2.79. The van der Waals surface area contributed by atoms with Crippen LogP contribution in [-0.4, -0.2) is 16.5 Å². The highest BCUT2D eigenvalue weighted by Gasteiger charge is 2.46. The summed E-state index contributed by atoms with van der Waals surface area (Å²) in [5, 5.41) is 0.00518. The largest absolute Gasteiger partial charge is 0.219 e. The lowest BCUT2D eigenvalue weighted by Gasteiger charge is -2.37. The molecule has 110 valence electrons. The summed E-state index contributed by atoms with van der Waals surface area (Å²) in [6.45, 7) is 10.7. The van der Waals surface area contributed by atoms with E-state index >= 15 is 0 Å². The molecule has 1 aliphatic heterocycles. The number of sulfone groups is 1. The van der Waals surface area contributed by atoms with Crippen LogP contribution in [0.3, 0.4) is 0 Å². The van der Waals surface area contributed by atoms with Crippen molar-refractivity contribution in [3.8, 4) is 0 Å². The van der Waals surface area contributed by atoms with Gasteiger partial charge in [-0.05, 0) is 39.2 Å². The number of rotatable bonds is 2. The Morgan fingerprint density at radius 2 is 1.75 bits per heavy atom. The summed E-state index contributed by atoms with van der Waals surface area (Å²) >= 11 is 4.85. The maximum Gasteiger partial charge on any atom is 0.200 e. The van der Waals surface area contributed by atoms with Crippen molar-refractivity contribution in [1.82, 2.24) is 0 Å². The van der Waals surface area contributed by atoms with Crippen LogP contribution in [0.5, 0.6) is 0 Å². The lowest BCUT2D eigenvalue weighted by atomic mass is 10.2. The van der Waals surface area contributed by atoms with Crippen molar-refractivity contribution in [1.29, 1.82) is 0 Å². The first-order valence-electron chi connectivity index (χ1n) is 6.41. The van der Waals surface area contributed by atoms with E-state index in [1.165, 1.54) is 11.3 Å². The molecule has 0 amide bonds. The Balaban J connectivity index is 2.46. The summed E-state index contributed by atoms with van der Waals surface area (Å²) in [6.07, 6.45) is 3.60. The quantitative estimate of drug-likeness (QED) is 0.649. The van der Waals surface area contributed by atoms with Gasteiger partial charge in [0.25, 0.3) is 0 Å². The Morgan fingerprint density at radius 1 is 1.15 bits per heavy atom. The minimum absolute atomic E-state index is 0.00518. The van der Waals surface area contributed by atoms with E-state index in [9.17, 15) is 8.42 Å². The molecular weight excluding hydrogens is 372 g/mol. The van der Waals surface area contributed by atoms with Crippen molar-refractivity contribution in [2.24, 2.45) is 0 Å². The van der Waals surface area contributed by atoms with E-state index < -0.39 is 17.9 Å². The van der Waals surface area contributed by atoms with Gasteiger partial charge < -0.3 is 0 Å². The first-order valence-corrected chi connectivity index (χ1v) is 12.5. The lowest BCUT2D eigenvalue weighted by molar-refractivity contribution is 0.612. The number of allylic oxidation sites excluding steroid dienone is 2. The molecule has 0 aliphatic carbocycles. The van der Waals surface area contributed by atoms with Crippen LogP contribution in [0.25, 0.3) is 4.91 Å². The van der Waals surface area contributed by atoms with Crippen LogP contribution in [0.4, 0.5) is 0 Å². The van der Waals surface area contributed by atoms with Crippen LogP contribution in [0, 0.1) is 0 Å². The van der Waals surface area contributed by atoms with E-state index in [0.717, 1.165) is 8.66 Å². The predicted octanol–water partition coefficient (Wildman–Crippen LogP) is 5.21. The molecule has 2 rings (SSSR count). The van der Waals surface area contributed by atoms with Crippen molar-refractivity contribution in [3.63, 3.8) is 0 Å². The second-order valence-corrected chi connectivity index (χ2v) is 16.5. The predicted molar refractivity (Wildman–Crippen MR) is 94.2 cm³/mol. The molecule has 0 saturated carbocycles. The van der Waals surface area contributed by atoms with Crippen molar-refractivity contribution in [2.45, 2.75) is 38.9 Å². The molecule has 0 bridgehead atoms. The third-order valence-electron chi connectivity index (χ3n) is 4.27. The number of thiophene rings is 1. The van der Waals surface area contributed by atoms with E-state index in [0.29, 0.717) is 9.43 Å². The summed E-state index contributed by atoms with van der Waals surface area (Å²) in [7, 11) is -5.40. The van der Waals surface area contributed by atoms with Gasteiger partial charge in [-0.3, -0.25) is 0 Å². The number of hydrogen-bond donors (Lipinski definition) is 0. The average molecular weight is 391 g/mol. The van der Waals surface area contributed by atoms with Crippen LogP contribution in [0.15, 0.2) is 32.6 Å². The Kier molecular flexibility index (Phi) is 4.00. The van der Waals surface area contributed by atoms with Gasteiger partial charge in [0.15, 0.2) is 9.84 Å². The molecule has 2 nitrogen and oxygen atoms in total. The molecule has 1 aromatic rings. The van der Waals surface area contributed by atoms with Crippen molar-refractivity contribution in [2.75, 3.05) is 0 Å². The van der Waals surface area contributed by atoms with Gasteiger partial charge >= 0.3 is 0 Å². The maximum atomic E-state index is 12.9. The van der Waals surface area contributed by atoms with Crippen molar-refractivity contribution >= 4 is 50.1 Å².